The predicted octanol–water partition coefficient (Wildman–Crippen LogP) is 2.54. The molecule has 27 heavy (non-hydrogen) atoms. The van der Waals surface area contributed by atoms with Gasteiger partial charge in [-0.1, -0.05) is 0 Å². The van der Waals surface area contributed by atoms with Crippen LogP contribution in [0.1, 0.15) is 13.0 Å². The molecule has 0 aliphatic rings. The van der Waals surface area contributed by atoms with Crippen LogP contribution in [-0.2, 0) is 4.79 Å². The standard InChI is InChI=1S/C14H13F2N5O6/c1-8(19-6-11(5-17-19)21(25)26)14(22)18-9-2-10(20(23)24)4-12(3-9)27-7-13(15)16/h2-6,8,13H,7H2,1H3,(H,18,22). The highest BCUT2D eigenvalue weighted by molar-refractivity contribution is 5.94. The Hall–Kier alpha value is -3.64. The molecule has 11 nitrogen and oxygen atoms in total. The van der Waals surface area contributed by atoms with Crippen LogP contribution in [0.15, 0.2) is 30.6 Å². The third kappa shape index (κ3) is 5.17. The number of rotatable bonds is 8. The number of nitro benzene ring substituents is 1. The number of nitrogens with one attached hydrogen (secondary N) is 1. The van der Waals surface area contributed by atoms with Gasteiger partial charge in [-0.2, -0.15) is 5.10 Å². The van der Waals surface area contributed by atoms with Gasteiger partial charge in [0.05, 0.1) is 21.6 Å². The van der Waals surface area contributed by atoms with Crippen molar-refractivity contribution in [2.24, 2.45) is 0 Å². The number of non-ortho nitro benzene ring substituents is 1. The molecule has 0 saturated heterocycles. The predicted molar refractivity (Wildman–Crippen MR) is 86.8 cm³/mol. The van der Waals surface area contributed by atoms with E-state index >= 15 is 0 Å². The second-order valence-corrected chi connectivity index (χ2v) is 5.28. The van der Waals surface area contributed by atoms with Crippen LogP contribution in [0.5, 0.6) is 5.75 Å². The van der Waals surface area contributed by atoms with Gasteiger partial charge >= 0.3 is 5.69 Å². The first-order valence-electron chi connectivity index (χ1n) is 7.37. The number of benzene rings is 1. The number of anilines is 1. The number of alkyl halides is 2. The number of carbonyl (C=O) groups is 1. The summed E-state index contributed by atoms with van der Waals surface area (Å²) in [5.41, 5.74) is -0.848. The van der Waals surface area contributed by atoms with Crippen LogP contribution in [0.4, 0.5) is 25.8 Å². The zero-order valence-corrected chi connectivity index (χ0v) is 13.7. The summed E-state index contributed by atoms with van der Waals surface area (Å²) < 4.78 is 30.3. The van der Waals surface area contributed by atoms with Gasteiger partial charge in [-0.3, -0.25) is 29.7 Å². The van der Waals surface area contributed by atoms with Crippen LogP contribution < -0.4 is 10.1 Å². The molecule has 1 unspecified atom stereocenters. The highest BCUT2D eigenvalue weighted by Crippen LogP contribution is 2.27. The summed E-state index contributed by atoms with van der Waals surface area (Å²) in [4.78, 5) is 32.5. The molecule has 1 atom stereocenters. The molecule has 0 bridgehead atoms. The van der Waals surface area contributed by atoms with E-state index in [1.165, 1.54) is 6.92 Å². The van der Waals surface area contributed by atoms with Crippen molar-refractivity contribution in [3.63, 3.8) is 0 Å². The highest BCUT2D eigenvalue weighted by atomic mass is 19.3. The number of halogens is 2. The van der Waals surface area contributed by atoms with Gasteiger partial charge in [0, 0.05) is 12.1 Å². The zero-order chi connectivity index (χ0) is 20.1. The average molecular weight is 385 g/mol. The molecular formula is C14H13F2N5O6. The summed E-state index contributed by atoms with van der Waals surface area (Å²) in [6.07, 6.45) is -0.764. The van der Waals surface area contributed by atoms with E-state index in [1.54, 1.807) is 0 Å². The van der Waals surface area contributed by atoms with Crippen LogP contribution >= 0.6 is 0 Å². The number of nitro groups is 2. The van der Waals surface area contributed by atoms with Crippen molar-refractivity contribution in [3.8, 4) is 5.75 Å². The van der Waals surface area contributed by atoms with Crippen LogP contribution in [0.2, 0.25) is 0 Å². The molecule has 1 heterocycles. The maximum absolute atomic E-state index is 12.3. The molecule has 1 N–H and O–H groups in total. The lowest BCUT2D eigenvalue weighted by molar-refractivity contribution is -0.385. The van der Waals surface area contributed by atoms with Gasteiger partial charge in [0.25, 0.3) is 12.1 Å². The first kappa shape index (κ1) is 19.7. The van der Waals surface area contributed by atoms with Crippen LogP contribution in [0.25, 0.3) is 0 Å². The van der Waals surface area contributed by atoms with Crippen LogP contribution in [0, 0.1) is 20.2 Å². The normalized spacial score (nSPS) is 11.9. The van der Waals surface area contributed by atoms with Crippen LogP contribution in [-0.4, -0.2) is 38.6 Å². The molecule has 1 aromatic carbocycles. The fourth-order valence-corrected chi connectivity index (χ4v) is 2.00. The smallest absolute Gasteiger partial charge is 0.307 e. The number of ether oxygens (including phenoxy) is 1. The molecule has 0 radical (unpaired) electrons. The molecule has 0 saturated carbocycles. The largest absolute Gasteiger partial charge is 0.487 e. The Morgan fingerprint density at radius 2 is 1.93 bits per heavy atom. The highest BCUT2D eigenvalue weighted by Gasteiger charge is 2.21. The molecule has 0 fully saturated rings. The first-order chi connectivity index (χ1) is 12.7. The zero-order valence-electron chi connectivity index (χ0n) is 13.7. The third-order valence-electron chi connectivity index (χ3n) is 3.32. The number of hydrogen-bond donors (Lipinski definition) is 1. The van der Waals surface area contributed by atoms with E-state index in [9.17, 15) is 33.8 Å². The van der Waals surface area contributed by atoms with E-state index in [0.29, 0.717) is 0 Å². The van der Waals surface area contributed by atoms with E-state index in [4.69, 9.17) is 4.74 Å². The molecule has 0 aliphatic carbocycles. The summed E-state index contributed by atoms with van der Waals surface area (Å²) in [6.45, 7) is 0.430. The summed E-state index contributed by atoms with van der Waals surface area (Å²) >= 11 is 0. The van der Waals surface area contributed by atoms with E-state index in [2.05, 4.69) is 10.4 Å². The Kier molecular flexibility index (Phi) is 5.95. The molecule has 0 spiro atoms. The average Bonchev–Trinajstić information content (AvgIpc) is 3.09. The lowest BCUT2D eigenvalue weighted by Crippen LogP contribution is -2.24. The van der Waals surface area contributed by atoms with Gasteiger partial charge in [0.1, 0.15) is 30.8 Å². The fraction of sp³-hybridized carbons (Fsp3) is 0.286. The Bertz CT molecular complexity index is 871. The fourth-order valence-electron chi connectivity index (χ4n) is 2.00. The molecule has 1 amide bonds. The lowest BCUT2D eigenvalue weighted by Gasteiger charge is -2.13. The molecule has 0 aliphatic heterocycles. The van der Waals surface area contributed by atoms with Gasteiger partial charge in [-0.15, -0.1) is 0 Å². The monoisotopic (exact) mass is 385 g/mol. The van der Waals surface area contributed by atoms with E-state index < -0.39 is 40.5 Å². The molecular weight excluding hydrogens is 372 g/mol. The third-order valence-corrected chi connectivity index (χ3v) is 3.32. The van der Waals surface area contributed by atoms with Gasteiger partial charge in [0.15, 0.2) is 0 Å². The maximum atomic E-state index is 12.3. The van der Waals surface area contributed by atoms with E-state index in [0.717, 1.165) is 35.3 Å². The quantitative estimate of drug-likeness (QED) is 0.543. The van der Waals surface area contributed by atoms with Crippen molar-refractivity contribution in [3.05, 3.63) is 50.8 Å². The van der Waals surface area contributed by atoms with Gasteiger partial charge in [0.2, 0.25) is 5.91 Å². The van der Waals surface area contributed by atoms with Crippen LogP contribution in [0.3, 0.4) is 0 Å². The minimum Gasteiger partial charge on any atom is -0.487 e. The van der Waals surface area contributed by atoms with Gasteiger partial charge in [-0.05, 0) is 6.92 Å². The molecule has 2 aromatic rings. The molecule has 13 heteroatoms. The van der Waals surface area contributed by atoms with Crippen molar-refractivity contribution in [2.75, 3.05) is 11.9 Å². The van der Waals surface area contributed by atoms with Gasteiger partial charge < -0.3 is 10.1 Å². The summed E-state index contributed by atoms with van der Waals surface area (Å²) in [7, 11) is 0. The number of aromatic nitrogens is 2. The SMILES string of the molecule is CC(C(=O)Nc1cc(OCC(F)F)cc([N+](=O)[O-])c1)n1cc([N+](=O)[O-])cn1. The van der Waals surface area contributed by atoms with Crippen molar-refractivity contribution >= 4 is 23.0 Å². The summed E-state index contributed by atoms with van der Waals surface area (Å²) in [5, 5.41) is 27.7. The van der Waals surface area contributed by atoms with E-state index in [1.807, 2.05) is 0 Å². The first-order valence-corrected chi connectivity index (χ1v) is 7.37. The number of nitrogens with zero attached hydrogens (tertiary/aromatic N) is 4. The number of hydrogen-bond acceptors (Lipinski definition) is 7. The Balaban J connectivity index is 2.19. The van der Waals surface area contributed by atoms with Crippen molar-refractivity contribution in [1.29, 1.82) is 0 Å². The Labute approximate surface area is 149 Å². The second kappa shape index (κ2) is 8.16. The summed E-state index contributed by atoms with van der Waals surface area (Å²) in [5.74, 6) is -0.907. The molecule has 144 valence electrons. The minimum atomic E-state index is -2.78. The molecule has 2 rings (SSSR count). The Morgan fingerprint density at radius 3 is 2.48 bits per heavy atom. The van der Waals surface area contributed by atoms with E-state index in [-0.39, 0.29) is 17.1 Å². The molecule has 1 aromatic heterocycles. The minimum absolute atomic E-state index is 0.0630. The van der Waals surface area contributed by atoms with Gasteiger partial charge in [-0.25, -0.2) is 8.78 Å². The number of carbonyl (C=O) groups excluding carboxylic acids is 1. The topological polar surface area (TPSA) is 142 Å². The van der Waals surface area contributed by atoms with Crippen molar-refractivity contribution in [2.45, 2.75) is 19.4 Å². The summed E-state index contributed by atoms with van der Waals surface area (Å²) in [6, 6.07) is 2.12. The van der Waals surface area contributed by atoms with Crippen molar-refractivity contribution in [1.82, 2.24) is 9.78 Å². The Morgan fingerprint density at radius 1 is 1.26 bits per heavy atom. The lowest BCUT2D eigenvalue weighted by atomic mass is 10.2. The number of amides is 1. The van der Waals surface area contributed by atoms with Crippen molar-refractivity contribution < 1.29 is 28.2 Å². The second-order valence-electron chi connectivity index (χ2n) is 5.28. The maximum Gasteiger partial charge on any atom is 0.307 e.